The number of nitrogens with two attached hydrogens (primary N) is 1. The molecule has 0 atom stereocenters. The van der Waals surface area contributed by atoms with Crippen LogP contribution in [-0.2, 0) is 10.5 Å². The number of carbonyl (C=O) groups is 1. The summed E-state index contributed by atoms with van der Waals surface area (Å²) in [5, 5.41) is 3.46. The van der Waals surface area contributed by atoms with E-state index in [1.54, 1.807) is 17.8 Å². The quantitative estimate of drug-likeness (QED) is 0.584. The van der Waals surface area contributed by atoms with E-state index in [0.29, 0.717) is 47.7 Å². The van der Waals surface area contributed by atoms with Crippen LogP contribution in [-0.4, -0.2) is 34.7 Å². The van der Waals surface area contributed by atoms with Crippen molar-refractivity contribution >= 4 is 41.0 Å². The van der Waals surface area contributed by atoms with Gasteiger partial charge in [0.2, 0.25) is 5.91 Å². The Bertz CT molecular complexity index is 708. The van der Waals surface area contributed by atoms with E-state index in [-0.39, 0.29) is 23.9 Å². The third kappa shape index (κ3) is 6.51. The van der Waals surface area contributed by atoms with Crippen molar-refractivity contribution in [3.63, 3.8) is 0 Å². The first-order valence-electron chi connectivity index (χ1n) is 7.73. The molecule has 0 aliphatic rings. The number of nitrogens with zero attached hydrogens (tertiary/aromatic N) is 1. The van der Waals surface area contributed by atoms with Crippen LogP contribution >= 0.6 is 24.2 Å². The summed E-state index contributed by atoms with van der Waals surface area (Å²) in [4.78, 5) is 30.8. The third-order valence-corrected chi connectivity index (χ3v) is 4.30. The van der Waals surface area contributed by atoms with Gasteiger partial charge in [-0.25, -0.2) is 4.98 Å². The lowest BCUT2D eigenvalue weighted by Gasteiger charge is -2.05. The summed E-state index contributed by atoms with van der Waals surface area (Å²) in [6.07, 6.45) is 2.30. The lowest BCUT2D eigenvalue weighted by Crippen LogP contribution is -2.25. The zero-order valence-corrected chi connectivity index (χ0v) is 15.0. The Kier molecular flexibility index (Phi) is 9.44. The van der Waals surface area contributed by atoms with Crippen LogP contribution < -0.4 is 16.6 Å². The molecule has 0 unspecified atom stereocenters. The molecule has 24 heavy (non-hydrogen) atoms. The van der Waals surface area contributed by atoms with Crippen molar-refractivity contribution in [1.29, 1.82) is 0 Å². The molecule has 0 fully saturated rings. The number of aromatic nitrogens is 2. The first-order chi connectivity index (χ1) is 11.2. The van der Waals surface area contributed by atoms with Gasteiger partial charge < -0.3 is 16.0 Å². The number of carbonyl (C=O) groups excluding carboxylic acids is 1. The van der Waals surface area contributed by atoms with Gasteiger partial charge in [-0.3, -0.25) is 9.59 Å². The monoisotopic (exact) mass is 370 g/mol. The highest BCUT2D eigenvalue weighted by atomic mass is 35.5. The normalized spacial score (nSPS) is 10.4. The minimum atomic E-state index is -0.121. The van der Waals surface area contributed by atoms with Crippen LogP contribution in [0.5, 0.6) is 0 Å². The number of H-pyrrole nitrogens is 1. The number of halogens is 1. The molecule has 2 rings (SSSR count). The number of nitrogens with one attached hydrogen (secondary N) is 2. The van der Waals surface area contributed by atoms with Crippen molar-refractivity contribution in [3.8, 4) is 0 Å². The Balaban J connectivity index is 0.00000288. The number of benzene rings is 1. The highest BCUT2D eigenvalue weighted by molar-refractivity contribution is 7.98. The first-order valence-corrected chi connectivity index (χ1v) is 8.88. The number of amides is 1. The van der Waals surface area contributed by atoms with Gasteiger partial charge in [-0.2, -0.15) is 11.8 Å². The standard InChI is InChI=1S/C16H22N4O2S.ClH/c17-8-3-4-9-18-15(21)7-10-23-11-14-19-13-6-2-1-5-12(13)16(22)20-14;/h1-2,5-6H,3-4,7-11,17H2,(H,18,21)(H,19,20,22);1H. The summed E-state index contributed by atoms with van der Waals surface area (Å²) in [6, 6.07) is 7.27. The van der Waals surface area contributed by atoms with Gasteiger partial charge in [0, 0.05) is 18.7 Å². The molecule has 0 bridgehead atoms. The van der Waals surface area contributed by atoms with Crippen molar-refractivity contribution in [2.45, 2.75) is 25.0 Å². The predicted molar refractivity (Wildman–Crippen MR) is 102 cm³/mol. The van der Waals surface area contributed by atoms with Gasteiger partial charge >= 0.3 is 0 Å². The molecule has 1 aromatic heterocycles. The van der Waals surface area contributed by atoms with Crippen molar-refractivity contribution < 1.29 is 4.79 Å². The van der Waals surface area contributed by atoms with Gasteiger partial charge in [-0.05, 0) is 31.5 Å². The lowest BCUT2D eigenvalue weighted by atomic mass is 10.2. The average molecular weight is 371 g/mol. The Morgan fingerprint density at radius 3 is 2.88 bits per heavy atom. The zero-order valence-electron chi connectivity index (χ0n) is 13.4. The fourth-order valence-electron chi connectivity index (χ4n) is 2.12. The summed E-state index contributed by atoms with van der Waals surface area (Å²) in [6.45, 7) is 1.34. The van der Waals surface area contributed by atoms with Crippen molar-refractivity contribution in [3.05, 3.63) is 40.4 Å². The minimum absolute atomic E-state index is 0. The molecule has 8 heteroatoms. The summed E-state index contributed by atoms with van der Waals surface area (Å²) in [7, 11) is 0. The second-order valence-electron chi connectivity index (χ2n) is 5.18. The van der Waals surface area contributed by atoms with Crippen molar-refractivity contribution in [2.24, 2.45) is 5.73 Å². The van der Waals surface area contributed by atoms with Crippen LogP contribution in [0.2, 0.25) is 0 Å². The molecule has 1 aromatic carbocycles. The second kappa shape index (κ2) is 11.1. The van der Waals surface area contributed by atoms with E-state index in [9.17, 15) is 9.59 Å². The maximum atomic E-state index is 11.9. The van der Waals surface area contributed by atoms with E-state index < -0.39 is 0 Å². The van der Waals surface area contributed by atoms with Crippen LogP contribution in [0, 0.1) is 0 Å². The molecule has 1 heterocycles. The number of thioether (sulfide) groups is 1. The van der Waals surface area contributed by atoms with Crippen LogP contribution in [0.25, 0.3) is 10.9 Å². The van der Waals surface area contributed by atoms with Crippen molar-refractivity contribution in [1.82, 2.24) is 15.3 Å². The van der Waals surface area contributed by atoms with Crippen LogP contribution in [0.15, 0.2) is 29.1 Å². The number of hydrogen-bond acceptors (Lipinski definition) is 5. The highest BCUT2D eigenvalue weighted by Crippen LogP contribution is 2.11. The summed E-state index contributed by atoms with van der Waals surface area (Å²) in [5.41, 5.74) is 5.97. The Morgan fingerprint density at radius 1 is 1.29 bits per heavy atom. The summed E-state index contributed by atoms with van der Waals surface area (Å²) < 4.78 is 0. The minimum Gasteiger partial charge on any atom is -0.356 e. The Morgan fingerprint density at radius 2 is 2.08 bits per heavy atom. The van der Waals surface area contributed by atoms with E-state index in [2.05, 4.69) is 15.3 Å². The Hall–Kier alpha value is -1.57. The number of aromatic amines is 1. The van der Waals surface area contributed by atoms with E-state index in [4.69, 9.17) is 5.73 Å². The smallest absolute Gasteiger partial charge is 0.258 e. The van der Waals surface area contributed by atoms with E-state index in [1.165, 1.54) is 0 Å². The van der Waals surface area contributed by atoms with Gasteiger partial charge in [0.1, 0.15) is 5.82 Å². The molecule has 1 amide bonds. The third-order valence-electron chi connectivity index (χ3n) is 3.33. The van der Waals surface area contributed by atoms with Gasteiger partial charge in [-0.1, -0.05) is 12.1 Å². The lowest BCUT2D eigenvalue weighted by molar-refractivity contribution is -0.120. The maximum absolute atomic E-state index is 11.9. The molecule has 4 N–H and O–H groups in total. The first kappa shape index (κ1) is 20.5. The molecule has 2 aromatic rings. The maximum Gasteiger partial charge on any atom is 0.258 e. The Labute approximate surface area is 151 Å². The molecule has 132 valence electrons. The molecule has 0 radical (unpaired) electrons. The van der Waals surface area contributed by atoms with Gasteiger partial charge in [0.05, 0.1) is 16.7 Å². The fraction of sp³-hybridized carbons (Fsp3) is 0.438. The van der Waals surface area contributed by atoms with E-state index in [0.717, 1.165) is 12.8 Å². The largest absolute Gasteiger partial charge is 0.356 e. The number of rotatable bonds is 9. The molecular weight excluding hydrogens is 348 g/mol. The molecule has 0 aliphatic heterocycles. The summed E-state index contributed by atoms with van der Waals surface area (Å²) >= 11 is 1.58. The number of hydrogen-bond donors (Lipinski definition) is 3. The molecule has 6 nitrogen and oxygen atoms in total. The number of fused-ring (bicyclic) bond motifs is 1. The van der Waals surface area contributed by atoms with Crippen LogP contribution in [0.3, 0.4) is 0 Å². The SMILES string of the molecule is Cl.NCCCCNC(=O)CCSCc1nc2ccccc2c(=O)[nH]1. The van der Waals surface area contributed by atoms with Crippen molar-refractivity contribution in [2.75, 3.05) is 18.8 Å². The zero-order chi connectivity index (χ0) is 16.5. The molecule has 0 aliphatic carbocycles. The number of unbranched alkanes of at least 4 members (excludes halogenated alkanes) is 1. The molecule has 0 saturated carbocycles. The molecular formula is C16H23ClN4O2S. The van der Waals surface area contributed by atoms with E-state index in [1.807, 2.05) is 18.2 Å². The predicted octanol–water partition coefficient (Wildman–Crippen LogP) is 1.82. The summed E-state index contributed by atoms with van der Waals surface area (Å²) in [5.74, 6) is 1.97. The molecule has 0 saturated heterocycles. The van der Waals surface area contributed by atoms with Crippen LogP contribution in [0.1, 0.15) is 25.1 Å². The molecule has 0 spiro atoms. The topological polar surface area (TPSA) is 101 Å². The van der Waals surface area contributed by atoms with Crippen LogP contribution in [0.4, 0.5) is 0 Å². The average Bonchev–Trinajstić information content (AvgIpc) is 2.56. The fourth-order valence-corrected chi connectivity index (χ4v) is 2.93. The highest BCUT2D eigenvalue weighted by Gasteiger charge is 2.05. The number of para-hydroxylation sites is 1. The van der Waals surface area contributed by atoms with Gasteiger partial charge in [0.15, 0.2) is 0 Å². The van der Waals surface area contributed by atoms with E-state index >= 15 is 0 Å². The van der Waals surface area contributed by atoms with Gasteiger partial charge in [0.25, 0.3) is 5.56 Å². The van der Waals surface area contributed by atoms with Gasteiger partial charge in [-0.15, -0.1) is 12.4 Å². The second-order valence-corrected chi connectivity index (χ2v) is 6.28.